The summed E-state index contributed by atoms with van der Waals surface area (Å²) in [5.41, 5.74) is 2.40. The van der Waals surface area contributed by atoms with Gasteiger partial charge in [-0.2, -0.15) is 0 Å². The lowest BCUT2D eigenvalue weighted by Gasteiger charge is -2.37. The zero-order valence-electron chi connectivity index (χ0n) is 12.0. The van der Waals surface area contributed by atoms with E-state index in [0.717, 1.165) is 38.5 Å². The van der Waals surface area contributed by atoms with Crippen molar-refractivity contribution in [2.45, 2.75) is 19.5 Å². The summed E-state index contributed by atoms with van der Waals surface area (Å²) in [6, 6.07) is 2.53. The summed E-state index contributed by atoms with van der Waals surface area (Å²) in [6.07, 6.45) is 1.93. The van der Waals surface area contributed by atoms with Crippen LogP contribution in [0.3, 0.4) is 0 Å². The number of rotatable bonds is 3. The molecule has 2 aliphatic rings. The van der Waals surface area contributed by atoms with Crippen LogP contribution in [0.15, 0.2) is 12.3 Å². The molecule has 1 aromatic heterocycles. The fourth-order valence-electron chi connectivity index (χ4n) is 3.05. The van der Waals surface area contributed by atoms with Gasteiger partial charge in [-0.15, -0.1) is 0 Å². The highest BCUT2D eigenvalue weighted by Gasteiger charge is 2.36. The van der Waals surface area contributed by atoms with Gasteiger partial charge in [-0.25, -0.2) is 9.78 Å². The Labute approximate surface area is 119 Å². The predicted octanol–water partition coefficient (Wildman–Crippen LogP) is 0.323. The summed E-state index contributed by atoms with van der Waals surface area (Å²) in [7, 11) is 1.94. The molecule has 2 saturated heterocycles. The number of pyridine rings is 1. The SMILES string of the molecule is CNCc1cnc(N2CCN3C(=O)NCC3C2)c(C)c1. The van der Waals surface area contributed by atoms with E-state index in [2.05, 4.69) is 33.5 Å². The number of anilines is 1. The number of nitrogens with one attached hydrogen (secondary N) is 2. The average Bonchev–Trinajstić information content (AvgIpc) is 2.80. The molecule has 2 aliphatic heterocycles. The molecule has 108 valence electrons. The Morgan fingerprint density at radius 3 is 3.10 bits per heavy atom. The van der Waals surface area contributed by atoms with Crippen LogP contribution in [0.25, 0.3) is 0 Å². The Morgan fingerprint density at radius 1 is 1.50 bits per heavy atom. The molecule has 2 fully saturated rings. The minimum Gasteiger partial charge on any atom is -0.352 e. The molecule has 1 atom stereocenters. The third kappa shape index (κ3) is 2.31. The molecule has 1 aromatic rings. The maximum atomic E-state index is 11.6. The standard InChI is InChI=1S/C14H21N5O/c1-10-5-11(6-15-2)7-16-13(10)18-3-4-19-12(9-18)8-17-14(19)20/h5,7,12,15H,3-4,6,8-9H2,1-2H3,(H,17,20). The van der Waals surface area contributed by atoms with Crippen molar-refractivity contribution in [1.29, 1.82) is 0 Å². The van der Waals surface area contributed by atoms with Gasteiger partial charge >= 0.3 is 6.03 Å². The summed E-state index contributed by atoms with van der Waals surface area (Å²) in [4.78, 5) is 20.4. The largest absolute Gasteiger partial charge is 0.352 e. The minimum absolute atomic E-state index is 0.0729. The molecule has 3 heterocycles. The van der Waals surface area contributed by atoms with E-state index in [1.54, 1.807) is 0 Å². The van der Waals surface area contributed by atoms with Gasteiger partial charge in [0.05, 0.1) is 6.04 Å². The van der Waals surface area contributed by atoms with Gasteiger partial charge in [-0.1, -0.05) is 0 Å². The van der Waals surface area contributed by atoms with E-state index in [0.29, 0.717) is 0 Å². The summed E-state index contributed by atoms with van der Waals surface area (Å²) in [5.74, 6) is 1.05. The summed E-state index contributed by atoms with van der Waals surface area (Å²) >= 11 is 0. The van der Waals surface area contributed by atoms with Crippen LogP contribution >= 0.6 is 0 Å². The summed E-state index contributed by atoms with van der Waals surface area (Å²) < 4.78 is 0. The van der Waals surface area contributed by atoms with Crippen LogP contribution in [0, 0.1) is 6.92 Å². The van der Waals surface area contributed by atoms with Crippen molar-refractivity contribution in [3.05, 3.63) is 23.4 Å². The van der Waals surface area contributed by atoms with Crippen LogP contribution in [-0.4, -0.2) is 55.2 Å². The molecule has 2 amide bonds. The Morgan fingerprint density at radius 2 is 2.35 bits per heavy atom. The summed E-state index contributed by atoms with van der Waals surface area (Å²) in [5, 5.41) is 6.04. The fourth-order valence-corrected chi connectivity index (χ4v) is 3.05. The lowest BCUT2D eigenvalue weighted by molar-refractivity contribution is 0.197. The van der Waals surface area contributed by atoms with Gasteiger partial charge in [0.2, 0.25) is 0 Å². The molecule has 0 saturated carbocycles. The second-order valence-electron chi connectivity index (χ2n) is 5.49. The van der Waals surface area contributed by atoms with Gasteiger partial charge in [-0.05, 0) is 31.2 Å². The Kier molecular flexibility index (Phi) is 3.48. The van der Waals surface area contributed by atoms with E-state index in [-0.39, 0.29) is 12.1 Å². The highest BCUT2D eigenvalue weighted by molar-refractivity contribution is 5.77. The van der Waals surface area contributed by atoms with Crippen LogP contribution < -0.4 is 15.5 Å². The van der Waals surface area contributed by atoms with Gasteiger partial charge in [-0.3, -0.25) is 0 Å². The second-order valence-corrected chi connectivity index (χ2v) is 5.49. The van der Waals surface area contributed by atoms with Crippen molar-refractivity contribution >= 4 is 11.8 Å². The van der Waals surface area contributed by atoms with Crippen molar-refractivity contribution in [2.24, 2.45) is 0 Å². The number of piperazine rings is 1. The summed E-state index contributed by atoms with van der Waals surface area (Å²) in [6.45, 7) is 6.16. The van der Waals surface area contributed by atoms with Gasteiger partial charge < -0.3 is 20.4 Å². The molecule has 0 radical (unpaired) electrons. The minimum atomic E-state index is 0.0729. The van der Waals surface area contributed by atoms with Crippen molar-refractivity contribution in [2.75, 3.05) is 38.1 Å². The van der Waals surface area contributed by atoms with Crippen LogP contribution in [0.5, 0.6) is 0 Å². The molecule has 6 heteroatoms. The first kappa shape index (κ1) is 13.2. The van der Waals surface area contributed by atoms with Crippen LogP contribution in [0.4, 0.5) is 10.6 Å². The highest BCUT2D eigenvalue weighted by Crippen LogP contribution is 2.23. The van der Waals surface area contributed by atoms with Gasteiger partial charge in [0.15, 0.2) is 0 Å². The van der Waals surface area contributed by atoms with E-state index in [9.17, 15) is 4.79 Å². The molecule has 0 bridgehead atoms. The first-order valence-corrected chi connectivity index (χ1v) is 7.08. The maximum absolute atomic E-state index is 11.6. The van der Waals surface area contributed by atoms with E-state index in [1.165, 1.54) is 11.1 Å². The third-order valence-corrected chi connectivity index (χ3v) is 4.02. The predicted molar refractivity (Wildman–Crippen MR) is 77.8 cm³/mol. The van der Waals surface area contributed by atoms with Crippen LogP contribution in [0.1, 0.15) is 11.1 Å². The number of aryl methyl sites for hydroxylation is 1. The van der Waals surface area contributed by atoms with Crippen molar-refractivity contribution in [3.63, 3.8) is 0 Å². The van der Waals surface area contributed by atoms with Crippen LogP contribution in [0.2, 0.25) is 0 Å². The van der Waals surface area contributed by atoms with E-state index in [4.69, 9.17) is 0 Å². The van der Waals surface area contributed by atoms with Gasteiger partial charge in [0.1, 0.15) is 5.82 Å². The molecule has 1 unspecified atom stereocenters. The zero-order valence-corrected chi connectivity index (χ0v) is 12.0. The fraction of sp³-hybridized carbons (Fsp3) is 0.571. The molecule has 0 spiro atoms. The first-order valence-electron chi connectivity index (χ1n) is 7.08. The van der Waals surface area contributed by atoms with E-state index >= 15 is 0 Å². The molecule has 0 aliphatic carbocycles. The number of nitrogens with zero attached hydrogens (tertiary/aromatic N) is 3. The normalized spacial score (nSPS) is 21.9. The Hall–Kier alpha value is -1.82. The molecule has 0 aromatic carbocycles. The lowest BCUT2D eigenvalue weighted by atomic mass is 10.1. The Bertz CT molecular complexity index is 518. The topological polar surface area (TPSA) is 60.5 Å². The second kappa shape index (κ2) is 5.28. The zero-order chi connectivity index (χ0) is 14.1. The average molecular weight is 275 g/mol. The van der Waals surface area contributed by atoms with E-state index in [1.807, 2.05) is 18.1 Å². The number of urea groups is 1. The van der Waals surface area contributed by atoms with E-state index < -0.39 is 0 Å². The first-order chi connectivity index (χ1) is 9.69. The molecule has 2 N–H and O–H groups in total. The lowest BCUT2D eigenvalue weighted by Crippen LogP contribution is -2.52. The monoisotopic (exact) mass is 275 g/mol. The number of hydrogen-bond donors (Lipinski definition) is 2. The number of fused-ring (bicyclic) bond motifs is 1. The molecular formula is C14H21N5O. The molecule has 6 nitrogen and oxygen atoms in total. The third-order valence-electron chi connectivity index (χ3n) is 4.02. The number of aromatic nitrogens is 1. The Balaban J connectivity index is 1.75. The number of carbonyl (C=O) groups excluding carboxylic acids is 1. The van der Waals surface area contributed by atoms with Crippen LogP contribution in [-0.2, 0) is 6.54 Å². The quantitative estimate of drug-likeness (QED) is 0.834. The molecule has 20 heavy (non-hydrogen) atoms. The van der Waals surface area contributed by atoms with Gasteiger partial charge in [0.25, 0.3) is 0 Å². The highest BCUT2D eigenvalue weighted by atomic mass is 16.2. The van der Waals surface area contributed by atoms with Crippen molar-refractivity contribution < 1.29 is 4.79 Å². The number of hydrogen-bond acceptors (Lipinski definition) is 4. The van der Waals surface area contributed by atoms with Crippen molar-refractivity contribution in [3.8, 4) is 0 Å². The van der Waals surface area contributed by atoms with Crippen molar-refractivity contribution in [1.82, 2.24) is 20.5 Å². The molecular weight excluding hydrogens is 254 g/mol. The molecule has 3 rings (SSSR count). The number of carbonyl (C=O) groups is 1. The smallest absolute Gasteiger partial charge is 0.317 e. The number of amides is 2. The van der Waals surface area contributed by atoms with Gasteiger partial charge in [0, 0.05) is 38.9 Å². The maximum Gasteiger partial charge on any atom is 0.317 e.